The van der Waals surface area contributed by atoms with Crippen LogP contribution in [0.1, 0.15) is 217 Å². The summed E-state index contributed by atoms with van der Waals surface area (Å²) in [6.45, 7) is 22.9. The molecule has 0 bridgehead atoms. The van der Waals surface area contributed by atoms with Gasteiger partial charge in [-0.15, -0.1) is 0 Å². The highest BCUT2D eigenvalue weighted by Gasteiger charge is 2.25. The number of nitrogens with two attached hydrogens (primary N) is 1. The first-order chi connectivity index (χ1) is 30.4. The lowest BCUT2D eigenvalue weighted by molar-refractivity contribution is -0.127. The fraction of sp³-hybridized carbons (Fsp3) is 0.904. The zero-order chi connectivity index (χ0) is 48.3. The van der Waals surface area contributed by atoms with Gasteiger partial charge in [0.25, 0.3) is 0 Å². The monoisotopic (exact) mass is 898 g/mol. The lowest BCUT2D eigenvalue weighted by Crippen LogP contribution is -2.39. The maximum absolute atomic E-state index is 11.5. The number of amides is 2. The van der Waals surface area contributed by atoms with Crippen LogP contribution in [0.3, 0.4) is 0 Å². The van der Waals surface area contributed by atoms with E-state index in [1.54, 1.807) is 14.0 Å². The summed E-state index contributed by atoms with van der Waals surface area (Å²) in [7, 11) is 3.78. The summed E-state index contributed by atoms with van der Waals surface area (Å²) in [4.78, 5) is 54.6. The molecule has 0 aromatic rings. The van der Waals surface area contributed by atoms with Crippen molar-refractivity contribution in [1.82, 2.24) is 10.6 Å². The van der Waals surface area contributed by atoms with Gasteiger partial charge < -0.3 is 35.4 Å². The highest BCUT2D eigenvalue weighted by Crippen LogP contribution is 2.29. The topological polar surface area (TPSA) is 163 Å². The van der Waals surface area contributed by atoms with Gasteiger partial charge in [0.1, 0.15) is 17.9 Å². The van der Waals surface area contributed by atoms with Crippen LogP contribution in [-0.4, -0.2) is 88.4 Å². The Morgan fingerprint density at radius 3 is 1.68 bits per heavy atom. The van der Waals surface area contributed by atoms with E-state index in [9.17, 15) is 24.0 Å². The number of nitrogens with one attached hydrogen (secondary N) is 2. The third-order valence-corrected chi connectivity index (χ3v) is 12.1. The standard InChI is InChI=1S/C14H26N2O3.C13H24O3.C10H18O.C9H17NO.3C2H6/c1-2-4-14(18)16-11-6-8-12(9-7-11)19-10-3-5-13(15)17;1-15-10-12-4-6-13(7-5-12)11-16-9-3-2-8-14;1-8(2)10(11)9-6-4-3-5-7-9;1-7(11)8-3-5-9(10-2)6-4-8;3*1-2/h11-12H,2-10H2,1H3,(H2,15,17)(H,16,18);8,12-13H,2-7,9-11H2,1H3;8-9H,3-7H2,1-2H3;8-10H,3-6H2,1-2H3;3*1-2H3. The number of hydrogen-bond acceptors (Lipinski definition) is 9. The number of carbonyl (C=O) groups excluding carboxylic acids is 5. The summed E-state index contributed by atoms with van der Waals surface area (Å²) < 4.78 is 16.5. The van der Waals surface area contributed by atoms with E-state index in [-0.39, 0.29) is 23.8 Å². The molecule has 0 saturated heterocycles. The van der Waals surface area contributed by atoms with Crippen molar-refractivity contribution in [3.05, 3.63) is 0 Å². The largest absolute Gasteiger partial charge is 0.384 e. The third-order valence-electron chi connectivity index (χ3n) is 12.1. The van der Waals surface area contributed by atoms with Gasteiger partial charge in [-0.05, 0) is 135 Å². The first-order valence-corrected chi connectivity index (χ1v) is 25.8. The van der Waals surface area contributed by atoms with Crippen molar-refractivity contribution in [2.75, 3.05) is 40.6 Å². The van der Waals surface area contributed by atoms with Crippen molar-refractivity contribution in [3.63, 3.8) is 0 Å². The summed E-state index contributed by atoms with van der Waals surface area (Å²) in [6, 6.07) is 0.968. The van der Waals surface area contributed by atoms with Gasteiger partial charge in [-0.25, -0.2) is 0 Å². The van der Waals surface area contributed by atoms with Crippen molar-refractivity contribution in [1.29, 1.82) is 0 Å². The molecule has 4 saturated carbocycles. The molecule has 374 valence electrons. The Morgan fingerprint density at radius 2 is 1.22 bits per heavy atom. The van der Waals surface area contributed by atoms with Crippen LogP contribution in [0.15, 0.2) is 0 Å². The maximum Gasteiger partial charge on any atom is 0.220 e. The van der Waals surface area contributed by atoms with Gasteiger partial charge in [0, 0.05) is 82.6 Å². The number of rotatable bonds is 20. The quantitative estimate of drug-likeness (QED) is 0.0797. The Labute approximate surface area is 388 Å². The number of hydrogen-bond donors (Lipinski definition) is 3. The third kappa shape index (κ3) is 36.7. The second-order valence-corrected chi connectivity index (χ2v) is 17.3. The Balaban J connectivity index is -0.000000747. The van der Waals surface area contributed by atoms with Gasteiger partial charge in [0.15, 0.2) is 0 Å². The number of Topliss-reactive ketones (excluding diaryl/α,β-unsaturated/α-hetero) is 2. The van der Waals surface area contributed by atoms with Gasteiger partial charge in [0.05, 0.1) is 6.10 Å². The Bertz CT molecular complexity index is 1060. The van der Waals surface area contributed by atoms with Crippen LogP contribution >= 0.6 is 0 Å². The molecular formula is C52H103N3O8. The molecule has 4 rings (SSSR count). The van der Waals surface area contributed by atoms with Crippen molar-refractivity contribution in [2.45, 2.75) is 235 Å². The van der Waals surface area contributed by atoms with E-state index in [0.717, 1.165) is 102 Å². The lowest BCUT2D eigenvalue weighted by atomic mass is 9.83. The molecule has 0 aromatic carbocycles. The van der Waals surface area contributed by atoms with Crippen LogP contribution in [0.5, 0.6) is 0 Å². The van der Waals surface area contributed by atoms with E-state index in [4.69, 9.17) is 19.9 Å². The Morgan fingerprint density at radius 1 is 0.683 bits per heavy atom. The van der Waals surface area contributed by atoms with E-state index >= 15 is 0 Å². The fourth-order valence-corrected chi connectivity index (χ4v) is 8.36. The van der Waals surface area contributed by atoms with Crippen LogP contribution < -0.4 is 16.4 Å². The molecule has 0 atom stereocenters. The molecule has 0 aromatic heterocycles. The van der Waals surface area contributed by atoms with Gasteiger partial charge >= 0.3 is 0 Å². The minimum absolute atomic E-state index is 0.160. The molecule has 0 radical (unpaired) electrons. The summed E-state index contributed by atoms with van der Waals surface area (Å²) in [5, 5.41) is 6.32. The minimum Gasteiger partial charge on any atom is -0.384 e. The van der Waals surface area contributed by atoms with Crippen molar-refractivity contribution in [3.8, 4) is 0 Å². The fourth-order valence-electron chi connectivity index (χ4n) is 8.36. The van der Waals surface area contributed by atoms with Crippen LogP contribution in [0.4, 0.5) is 0 Å². The molecule has 11 nitrogen and oxygen atoms in total. The minimum atomic E-state index is -0.272. The summed E-state index contributed by atoms with van der Waals surface area (Å²) in [6.07, 6.45) is 25.0. The number of ketones is 2. The van der Waals surface area contributed by atoms with Gasteiger partial charge in [-0.2, -0.15) is 0 Å². The van der Waals surface area contributed by atoms with E-state index in [1.165, 1.54) is 57.8 Å². The predicted octanol–water partition coefficient (Wildman–Crippen LogP) is 11.2. The van der Waals surface area contributed by atoms with Crippen LogP contribution in [-0.2, 0) is 38.2 Å². The molecular weight excluding hydrogens is 795 g/mol. The molecule has 0 spiro atoms. The highest BCUT2D eigenvalue weighted by atomic mass is 16.5. The maximum atomic E-state index is 11.5. The van der Waals surface area contributed by atoms with Crippen molar-refractivity contribution < 1.29 is 38.2 Å². The van der Waals surface area contributed by atoms with Gasteiger partial charge in [0.2, 0.25) is 11.8 Å². The molecule has 0 aliphatic heterocycles. The second-order valence-electron chi connectivity index (χ2n) is 17.3. The normalized spacial score (nSPS) is 22.9. The molecule has 63 heavy (non-hydrogen) atoms. The zero-order valence-electron chi connectivity index (χ0n) is 43.1. The van der Waals surface area contributed by atoms with Gasteiger partial charge in [-0.1, -0.05) is 81.6 Å². The molecule has 4 N–H and O–H groups in total. The number of primary amides is 1. The Kier molecular flexibility index (Phi) is 47.8. The van der Waals surface area contributed by atoms with E-state index in [0.29, 0.717) is 67.8 Å². The van der Waals surface area contributed by atoms with Crippen LogP contribution in [0.25, 0.3) is 0 Å². The SMILES string of the molecule is CC.CC.CC.CC(C)C(=O)C1CCCCC1.CCCC(=O)NC1CCC(OCCCC(N)=O)CC1.CNC1CCC(C(C)=O)CC1.COCC1CCC(COCCCC=O)CC1. The van der Waals surface area contributed by atoms with Crippen LogP contribution in [0.2, 0.25) is 0 Å². The molecule has 0 heterocycles. The van der Waals surface area contributed by atoms with E-state index in [1.807, 2.05) is 69.4 Å². The summed E-state index contributed by atoms with van der Waals surface area (Å²) >= 11 is 0. The molecule has 4 aliphatic rings. The Hall–Kier alpha value is -2.21. The first-order valence-electron chi connectivity index (χ1n) is 25.8. The van der Waals surface area contributed by atoms with Crippen molar-refractivity contribution in [2.24, 2.45) is 35.3 Å². The number of methoxy groups -OCH3 is 1. The number of carbonyl (C=O) groups is 5. The van der Waals surface area contributed by atoms with Crippen molar-refractivity contribution >= 4 is 29.7 Å². The molecule has 4 aliphatic carbocycles. The van der Waals surface area contributed by atoms with Gasteiger partial charge in [-0.3, -0.25) is 19.2 Å². The zero-order valence-corrected chi connectivity index (χ0v) is 43.1. The number of ether oxygens (including phenoxy) is 3. The first kappa shape index (κ1) is 65.1. The van der Waals surface area contributed by atoms with E-state index < -0.39 is 0 Å². The predicted molar refractivity (Wildman–Crippen MR) is 263 cm³/mol. The second kappa shape index (κ2) is 46.3. The summed E-state index contributed by atoms with van der Waals surface area (Å²) in [5.74, 6) is 3.26. The number of unbranched alkanes of at least 4 members (excludes halogenated alkanes) is 1. The average Bonchev–Trinajstić information content (AvgIpc) is 3.31. The van der Waals surface area contributed by atoms with Crippen LogP contribution in [0, 0.1) is 29.6 Å². The molecule has 0 unspecified atom stereocenters. The molecule has 2 amide bonds. The van der Waals surface area contributed by atoms with E-state index in [2.05, 4.69) is 10.6 Å². The lowest BCUT2D eigenvalue weighted by Gasteiger charge is -2.29. The highest BCUT2D eigenvalue weighted by molar-refractivity contribution is 5.82. The molecule has 11 heteroatoms. The summed E-state index contributed by atoms with van der Waals surface area (Å²) in [5.41, 5.74) is 5.07. The average molecular weight is 898 g/mol. The molecule has 4 fully saturated rings. The smallest absolute Gasteiger partial charge is 0.220 e. The number of aldehydes is 1.